The summed E-state index contributed by atoms with van der Waals surface area (Å²) in [4.78, 5) is 0. The average Bonchev–Trinajstić information content (AvgIpc) is 2.66. The van der Waals surface area contributed by atoms with E-state index in [0.717, 1.165) is 30.9 Å². The Labute approximate surface area is 109 Å². The Hall–Kier alpha value is -1.28. The van der Waals surface area contributed by atoms with Crippen LogP contribution in [0.4, 0.5) is 0 Å². The number of benzene rings is 1. The van der Waals surface area contributed by atoms with Gasteiger partial charge in [0.25, 0.3) is 0 Å². The summed E-state index contributed by atoms with van der Waals surface area (Å²) in [7, 11) is 0. The number of hydrogen-bond acceptors (Lipinski definition) is 2. The van der Waals surface area contributed by atoms with Crippen LogP contribution in [-0.4, -0.2) is 6.54 Å². The third-order valence-corrected chi connectivity index (χ3v) is 3.35. The molecule has 0 atom stereocenters. The first kappa shape index (κ1) is 13.2. The molecule has 0 saturated heterocycles. The third-order valence-electron chi connectivity index (χ3n) is 3.35. The van der Waals surface area contributed by atoms with E-state index >= 15 is 0 Å². The Kier molecular flexibility index (Phi) is 4.07. The molecule has 1 aromatic carbocycles. The normalized spacial score (nSPS) is 11.6. The predicted octanol–water partition coefficient (Wildman–Crippen LogP) is 4.05. The van der Waals surface area contributed by atoms with Crippen molar-refractivity contribution in [2.75, 3.05) is 6.54 Å². The van der Waals surface area contributed by atoms with Crippen LogP contribution in [0.3, 0.4) is 0 Å². The molecule has 0 unspecified atom stereocenters. The van der Waals surface area contributed by atoms with Gasteiger partial charge in [-0.05, 0) is 49.1 Å². The summed E-state index contributed by atoms with van der Waals surface area (Å²) in [6, 6.07) is 6.49. The van der Waals surface area contributed by atoms with Crippen molar-refractivity contribution in [2.24, 2.45) is 5.92 Å². The van der Waals surface area contributed by atoms with Gasteiger partial charge in [0.05, 0.1) is 6.54 Å². The van der Waals surface area contributed by atoms with Crippen LogP contribution in [-0.2, 0) is 13.0 Å². The minimum absolute atomic E-state index is 0.668. The summed E-state index contributed by atoms with van der Waals surface area (Å²) >= 11 is 0. The Morgan fingerprint density at radius 1 is 1.28 bits per heavy atom. The smallest absolute Gasteiger partial charge is 0.134 e. The highest BCUT2D eigenvalue weighted by Gasteiger charge is 2.10. The molecule has 1 heterocycles. The molecule has 0 aliphatic heterocycles. The second-order valence-electron chi connectivity index (χ2n) is 5.36. The largest absolute Gasteiger partial charge is 0.459 e. The fourth-order valence-corrected chi connectivity index (χ4v) is 2.18. The van der Waals surface area contributed by atoms with E-state index in [0.29, 0.717) is 5.92 Å². The van der Waals surface area contributed by atoms with Gasteiger partial charge in [-0.25, -0.2) is 0 Å². The van der Waals surface area contributed by atoms with E-state index in [9.17, 15) is 0 Å². The number of hydrogen-bond donors (Lipinski definition) is 1. The fraction of sp³-hybridized carbons (Fsp3) is 0.500. The Balaban J connectivity index is 2.21. The number of rotatable bonds is 5. The summed E-state index contributed by atoms with van der Waals surface area (Å²) in [5.41, 5.74) is 3.65. The van der Waals surface area contributed by atoms with Crippen molar-refractivity contribution in [3.8, 4) is 0 Å². The molecule has 0 fully saturated rings. The van der Waals surface area contributed by atoms with Crippen molar-refractivity contribution in [3.63, 3.8) is 0 Å². The lowest BCUT2D eigenvalue weighted by atomic mass is 10.1. The zero-order valence-corrected chi connectivity index (χ0v) is 11.8. The molecule has 0 aliphatic carbocycles. The van der Waals surface area contributed by atoms with Gasteiger partial charge in [-0.3, -0.25) is 0 Å². The first-order chi connectivity index (χ1) is 8.61. The van der Waals surface area contributed by atoms with E-state index in [1.54, 1.807) is 0 Å². The van der Waals surface area contributed by atoms with Gasteiger partial charge in [0, 0.05) is 5.39 Å². The fourth-order valence-electron chi connectivity index (χ4n) is 2.18. The van der Waals surface area contributed by atoms with Gasteiger partial charge in [0.2, 0.25) is 0 Å². The Morgan fingerprint density at radius 3 is 2.72 bits per heavy atom. The molecule has 0 aliphatic rings. The van der Waals surface area contributed by atoms with Crippen LogP contribution < -0.4 is 5.32 Å². The van der Waals surface area contributed by atoms with Crippen LogP contribution >= 0.6 is 0 Å². The molecule has 0 amide bonds. The van der Waals surface area contributed by atoms with Gasteiger partial charge >= 0.3 is 0 Å². The second-order valence-corrected chi connectivity index (χ2v) is 5.36. The van der Waals surface area contributed by atoms with Crippen LogP contribution in [0.5, 0.6) is 0 Å². The van der Waals surface area contributed by atoms with Crippen LogP contribution in [0.25, 0.3) is 11.0 Å². The van der Waals surface area contributed by atoms with Gasteiger partial charge in [-0.15, -0.1) is 0 Å². The standard InChI is InChI=1S/C16H23NO/c1-5-13-6-7-15-14(8-13)12(4)16(18-15)10-17-9-11(2)3/h6-8,11,17H,5,9-10H2,1-4H3. The molecule has 98 valence electrons. The van der Waals surface area contributed by atoms with Crippen LogP contribution in [0.1, 0.15) is 37.7 Å². The van der Waals surface area contributed by atoms with Crippen molar-refractivity contribution < 1.29 is 4.42 Å². The van der Waals surface area contributed by atoms with E-state index in [4.69, 9.17) is 4.42 Å². The van der Waals surface area contributed by atoms with E-state index in [1.807, 2.05) is 0 Å². The Morgan fingerprint density at radius 2 is 2.06 bits per heavy atom. The van der Waals surface area contributed by atoms with Crippen LogP contribution in [0.2, 0.25) is 0 Å². The molecule has 1 aromatic heterocycles. The maximum atomic E-state index is 5.92. The summed E-state index contributed by atoms with van der Waals surface area (Å²) in [6.07, 6.45) is 1.07. The van der Waals surface area contributed by atoms with Crippen molar-refractivity contribution >= 4 is 11.0 Å². The lowest BCUT2D eigenvalue weighted by Gasteiger charge is -2.05. The number of fused-ring (bicyclic) bond motifs is 1. The third kappa shape index (κ3) is 2.75. The highest BCUT2D eigenvalue weighted by molar-refractivity contribution is 5.82. The van der Waals surface area contributed by atoms with E-state index in [2.05, 4.69) is 51.2 Å². The molecule has 2 rings (SSSR count). The maximum absolute atomic E-state index is 5.92. The van der Waals surface area contributed by atoms with Crippen molar-refractivity contribution in [3.05, 3.63) is 35.1 Å². The minimum Gasteiger partial charge on any atom is -0.459 e. The molecular weight excluding hydrogens is 222 g/mol. The average molecular weight is 245 g/mol. The lowest BCUT2D eigenvalue weighted by molar-refractivity contribution is 0.482. The van der Waals surface area contributed by atoms with Gasteiger partial charge in [0.1, 0.15) is 11.3 Å². The summed E-state index contributed by atoms with van der Waals surface area (Å²) < 4.78 is 5.92. The highest BCUT2D eigenvalue weighted by Crippen LogP contribution is 2.26. The van der Waals surface area contributed by atoms with E-state index < -0.39 is 0 Å². The van der Waals surface area contributed by atoms with Crippen molar-refractivity contribution in [1.29, 1.82) is 0 Å². The molecule has 18 heavy (non-hydrogen) atoms. The molecule has 0 bridgehead atoms. The quantitative estimate of drug-likeness (QED) is 0.859. The molecule has 1 N–H and O–H groups in total. The first-order valence-corrected chi connectivity index (χ1v) is 6.83. The first-order valence-electron chi connectivity index (χ1n) is 6.83. The molecular formula is C16H23NO. The molecule has 2 nitrogen and oxygen atoms in total. The summed E-state index contributed by atoms with van der Waals surface area (Å²) in [5, 5.41) is 4.70. The summed E-state index contributed by atoms with van der Waals surface area (Å²) in [5.74, 6) is 1.74. The zero-order chi connectivity index (χ0) is 13.1. The minimum atomic E-state index is 0.668. The van der Waals surface area contributed by atoms with Gasteiger partial charge < -0.3 is 9.73 Å². The highest BCUT2D eigenvalue weighted by atomic mass is 16.3. The molecule has 2 aromatic rings. The molecule has 0 saturated carbocycles. The van der Waals surface area contributed by atoms with Crippen LogP contribution in [0, 0.1) is 12.8 Å². The van der Waals surface area contributed by atoms with Gasteiger partial charge in [0.15, 0.2) is 0 Å². The van der Waals surface area contributed by atoms with Gasteiger partial charge in [-0.1, -0.05) is 26.8 Å². The van der Waals surface area contributed by atoms with E-state index in [1.165, 1.54) is 16.5 Å². The molecule has 0 spiro atoms. The Bertz CT molecular complexity index is 525. The van der Waals surface area contributed by atoms with Crippen molar-refractivity contribution in [2.45, 2.75) is 40.7 Å². The monoisotopic (exact) mass is 245 g/mol. The molecule has 2 heteroatoms. The number of aryl methyl sites for hydroxylation is 2. The van der Waals surface area contributed by atoms with E-state index in [-0.39, 0.29) is 0 Å². The predicted molar refractivity (Wildman–Crippen MR) is 76.9 cm³/mol. The van der Waals surface area contributed by atoms with Crippen LogP contribution in [0.15, 0.2) is 22.6 Å². The number of furan rings is 1. The topological polar surface area (TPSA) is 25.2 Å². The number of nitrogens with one attached hydrogen (secondary N) is 1. The van der Waals surface area contributed by atoms with Gasteiger partial charge in [-0.2, -0.15) is 0 Å². The summed E-state index contributed by atoms with van der Waals surface area (Å²) in [6.45, 7) is 10.6. The molecule has 0 radical (unpaired) electrons. The van der Waals surface area contributed by atoms with Crippen molar-refractivity contribution in [1.82, 2.24) is 5.32 Å². The zero-order valence-electron chi connectivity index (χ0n) is 11.8. The lowest BCUT2D eigenvalue weighted by Crippen LogP contribution is -2.18. The SMILES string of the molecule is CCc1ccc2oc(CNCC(C)C)c(C)c2c1. The second kappa shape index (κ2) is 5.57. The maximum Gasteiger partial charge on any atom is 0.134 e.